The van der Waals surface area contributed by atoms with E-state index in [-0.39, 0.29) is 105 Å². The van der Waals surface area contributed by atoms with Crippen molar-refractivity contribution in [1.29, 1.82) is 0 Å². The van der Waals surface area contributed by atoms with Crippen LogP contribution >= 0.6 is 97.1 Å². The fraction of sp³-hybridized carbons (Fsp3) is 0.382. The Hall–Kier alpha value is -7.15. The highest BCUT2D eigenvalue weighted by atomic mass is 79.9. The molecular weight excluding hydrogens is 1470 g/mol. The number of non-ortho nitro benzene ring substituents is 1. The van der Waals surface area contributed by atoms with Crippen molar-refractivity contribution in [3.05, 3.63) is 155 Å². The number of alkyl halides is 1. The number of phenolic OH excluding ortho intramolecular Hbond substituents is 1. The number of nitrogens with zero attached hydrogens (tertiary/aromatic N) is 1. The summed E-state index contributed by atoms with van der Waals surface area (Å²) in [6.07, 6.45) is -1.33. The predicted molar refractivity (Wildman–Crippen MR) is 403 cm³/mol. The van der Waals surface area contributed by atoms with Crippen LogP contribution < -0.4 is 45.8 Å². The Bertz CT molecular complexity index is 3380. The monoisotopic (exact) mass is 1560 g/mol. The molecular formula is C68H95BrCl7N5O16. The van der Waals surface area contributed by atoms with Gasteiger partial charge in [0.1, 0.15) is 45.1 Å². The number of rotatable bonds is 19. The number of amides is 2. The van der Waals surface area contributed by atoms with Gasteiger partial charge in [-0.3, -0.25) is 34.1 Å². The third kappa shape index (κ3) is 41.0. The summed E-state index contributed by atoms with van der Waals surface area (Å²) in [5.41, 5.74) is 14.0. The third-order valence-electron chi connectivity index (χ3n) is 11.1. The number of hydrogen-bond acceptors (Lipinski definition) is 17. The number of carboxylic acids is 1. The number of halogens is 8. The first kappa shape index (κ1) is 101. The Morgan fingerprint density at radius 3 is 1.42 bits per heavy atom. The van der Waals surface area contributed by atoms with E-state index in [0.29, 0.717) is 89.6 Å². The number of carboxylic acid groups (broad SMARTS) is 1. The lowest BCUT2D eigenvalue weighted by Crippen LogP contribution is -2.30. The number of ether oxygens (including phenoxy) is 6. The van der Waals surface area contributed by atoms with Gasteiger partial charge in [0.25, 0.3) is 11.6 Å². The summed E-state index contributed by atoms with van der Waals surface area (Å²) >= 11 is 42.4. The maximum atomic E-state index is 12.4. The number of carbonyl (C=O) groups excluding carboxylic acids is 5. The van der Waals surface area contributed by atoms with Gasteiger partial charge in [-0.15, -0.1) is 0 Å². The number of benzene rings is 6. The Kier molecular flexibility index (Phi) is 55.0. The fourth-order valence-corrected chi connectivity index (χ4v) is 7.32. The van der Waals surface area contributed by atoms with E-state index in [0.717, 1.165) is 5.56 Å². The number of nitro benzene ring substituents is 1. The second-order valence-corrected chi connectivity index (χ2v) is 23.8. The number of carbonyl (C=O) groups is 6. The van der Waals surface area contributed by atoms with Gasteiger partial charge >= 0.3 is 11.9 Å². The first-order valence-corrected chi connectivity index (χ1v) is 30.9. The number of nitro groups is 1. The van der Waals surface area contributed by atoms with Gasteiger partial charge in [-0.1, -0.05) is 170 Å². The molecule has 0 fully saturated rings. The number of nitrogens with two attached hydrogens (primary N) is 2. The van der Waals surface area contributed by atoms with Crippen LogP contribution in [0.15, 0.2) is 109 Å². The molecule has 0 aliphatic carbocycles. The third-order valence-corrected chi connectivity index (χ3v) is 13.5. The van der Waals surface area contributed by atoms with E-state index in [2.05, 4.69) is 31.3 Å². The number of aliphatic carboxylic acids is 1. The molecule has 6 aromatic carbocycles. The minimum atomic E-state index is -1.05. The summed E-state index contributed by atoms with van der Waals surface area (Å²) in [6.45, 7) is 17.9. The molecule has 544 valence electrons. The van der Waals surface area contributed by atoms with Gasteiger partial charge in [-0.05, 0) is 118 Å². The molecule has 3 unspecified atom stereocenters. The smallest absolute Gasteiger partial charge is 0.344 e. The zero-order chi connectivity index (χ0) is 70.7. The molecule has 97 heavy (non-hydrogen) atoms. The van der Waals surface area contributed by atoms with Crippen LogP contribution in [0.25, 0.3) is 0 Å². The van der Waals surface area contributed by atoms with Crippen LogP contribution in [-0.2, 0) is 39.9 Å². The standard InChI is InChI=1S/C20H22Cl2N2O4.C12H17NO2.C9H8Cl2O3.C7H8N2O3.C6H4Cl2O.C5H9BrO2.C4H7ClO.5CH4/c1-11(2)19(25)24-16-7-6-14(10-18(16)27-4)23-20(26)12(3)28-17-8-5-13(21)9-15(17)22;1-8(2)11(14)6-9-4-5-10(13)7-12(9)15-3;1-5(9(12)13)14-8-3-2-6(10)4-7(8)11;1-12-7-4-5(9(10)11)2-3-6(7)8;7-4-1-2-6(9)5(8)3-4;1-3-8-5(7)4(2)6;1-3(2)4(5)6;;;;;/h5-12H,1-4H3,(H,23,26)(H,24,25);4-5,7-8H,6,13H2,1-3H3;2-5H,1H3,(H,12,13);2-4H,8H2,1H3;1-3,9H;4H,3H2,1-2H3;3H,1-2H3;5*1H4. The SMILES string of the molecule is C.C.C.C.C.CC(C)C(=O)Cl.CC(Oc1ccc(Cl)cc1Cl)C(=O)O.CCOC(=O)C(C)Br.COc1cc(N)ccc1CC(=O)C(C)C.COc1cc(NC(=O)C(C)Oc2ccc(Cl)cc2Cl)ccc1NC(=O)C(C)C.COc1cc([N+](=O)[O-])ccc1N.Oc1ccc(Cl)cc1Cl. The molecule has 6 aromatic rings. The maximum absolute atomic E-state index is 12.4. The van der Waals surface area contributed by atoms with Crippen LogP contribution in [0.5, 0.6) is 34.5 Å². The number of anilines is 4. The van der Waals surface area contributed by atoms with Crippen LogP contribution in [0.1, 0.15) is 112 Å². The van der Waals surface area contributed by atoms with Crippen molar-refractivity contribution in [2.75, 3.05) is 50.0 Å². The van der Waals surface area contributed by atoms with Crippen molar-refractivity contribution in [3.63, 3.8) is 0 Å². The molecule has 0 aromatic heterocycles. The van der Waals surface area contributed by atoms with Crippen LogP contribution in [0.4, 0.5) is 28.4 Å². The summed E-state index contributed by atoms with van der Waals surface area (Å²) in [5, 5.41) is 35.4. The molecule has 6 rings (SSSR count). The lowest BCUT2D eigenvalue weighted by molar-refractivity contribution is -0.384. The number of hydrogen-bond donors (Lipinski definition) is 6. The van der Waals surface area contributed by atoms with E-state index in [1.54, 1.807) is 110 Å². The molecule has 0 aliphatic rings. The van der Waals surface area contributed by atoms with Crippen molar-refractivity contribution in [2.45, 2.75) is 130 Å². The predicted octanol–water partition coefficient (Wildman–Crippen LogP) is 19.7. The van der Waals surface area contributed by atoms with Gasteiger partial charge in [0, 0.05) is 74.4 Å². The van der Waals surface area contributed by atoms with Crippen LogP contribution in [0, 0.1) is 27.9 Å². The van der Waals surface area contributed by atoms with E-state index < -0.39 is 23.1 Å². The normalized spacial score (nSPS) is 10.4. The van der Waals surface area contributed by atoms with Crippen molar-refractivity contribution >= 4 is 160 Å². The van der Waals surface area contributed by atoms with Crippen molar-refractivity contribution in [3.8, 4) is 34.5 Å². The molecule has 0 spiro atoms. The zero-order valence-corrected chi connectivity index (χ0v) is 59.4. The van der Waals surface area contributed by atoms with Crippen molar-refractivity contribution < 1.29 is 72.3 Å². The molecule has 0 radical (unpaired) electrons. The number of Topliss-reactive ketones (excluding diaryl/α,β-unsaturated/α-hetero) is 1. The van der Waals surface area contributed by atoms with E-state index in [1.165, 1.54) is 69.7 Å². The molecule has 0 saturated heterocycles. The number of phenols is 1. The minimum absolute atomic E-state index is 0. The average Bonchev–Trinajstić information content (AvgIpc) is 0.879. The topological polar surface area (TPSA) is 317 Å². The van der Waals surface area contributed by atoms with E-state index in [9.17, 15) is 38.9 Å². The molecule has 21 nitrogen and oxygen atoms in total. The quantitative estimate of drug-likeness (QED) is 0.0110. The minimum Gasteiger partial charge on any atom is -0.506 e. The Labute approximate surface area is 615 Å². The number of nitrogens with one attached hydrogen (secondary N) is 2. The first-order chi connectivity index (χ1) is 42.9. The number of ketones is 1. The molecule has 2 amide bonds. The van der Waals surface area contributed by atoms with Crippen molar-refractivity contribution in [1.82, 2.24) is 0 Å². The highest BCUT2D eigenvalue weighted by Gasteiger charge is 2.20. The largest absolute Gasteiger partial charge is 0.506 e. The summed E-state index contributed by atoms with van der Waals surface area (Å²) in [7, 11) is 4.48. The molecule has 0 saturated carbocycles. The second-order valence-electron chi connectivity index (χ2n) is 19.5. The average molecular weight is 1570 g/mol. The Morgan fingerprint density at radius 2 is 1.04 bits per heavy atom. The maximum Gasteiger partial charge on any atom is 0.344 e. The summed E-state index contributed by atoms with van der Waals surface area (Å²) in [6, 6.07) is 28.3. The molecule has 0 bridgehead atoms. The number of methoxy groups -OCH3 is 3. The zero-order valence-electron chi connectivity index (χ0n) is 52.5. The number of esters is 1. The van der Waals surface area contributed by atoms with E-state index in [1.807, 2.05) is 19.9 Å². The van der Waals surface area contributed by atoms with Gasteiger partial charge < -0.3 is 60.7 Å². The highest BCUT2D eigenvalue weighted by Crippen LogP contribution is 2.32. The van der Waals surface area contributed by atoms with Gasteiger partial charge in [0.05, 0.1) is 65.4 Å². The Morgan fingerprint density at radius 1 is 0.567 bits per heavy atom. The molecule has 0 heterocycles. The van der Waals surface area contributed by atoms with Gasteiger partial charge in [0.2, 0.25) is 11.1 Å². The van der Waals surface area contributed by atoms with Gasteiger partial charge in [-0.2, -0.15) is 0 Å². The van der Waals surface area contributed by atoms with Crippen molar-refractivity contribution in [2.24, 2.45) is 17.8 Å². The molecule has 29 heteroatoms. The van der Waals surface area contributed by atoms with E-state index in [4.69, 9.17) is 127 Å². The van der Waals surface area contributed by atoms with Crippen LogP contribution in [0.3, 0.4) is 0 Å². The molecule has 3 atom stereocenters. The lowest BCUT2D eigenvalue weighted by Gasteiger charge is -2.17. The first-order valence-electron chi connectivity index (χ1n) is 27.4. The van der Waals surface area contributed by atoms with Gasteiger partial charge in [0.15, 0.2) is 12.2 Å². The highest BCUT2D eigenvalue weighted by molar-refractivity contribution is 9.10. The van der Waals surface area contributed by atoms with Crippen LogP contribution in [0.2, 0.25) is 30.1 Å². The summed E-state index contributed by atoms with van der Waals surface area (Å²) < 4.78 is 30.6. The van der Waals surface area contributed by atoms with Crippen LogP contribution in [-0.4, -0.2) is 94.9 Å². The summed E-state index contributed by atoms with van der Waals surface area (Å²) in [4.78, 5) is 76.4. The molecule has 8 N–H and O–H groups in total. The lowest BCUT2D eigenvalue weighted by atomic mass is 10.0. The van der Waals surface area contributed by atoms with E-state index >= 15 is 0 Å². The summed E-state index contributed by atoms with van der Waals surface area (Å²) in [5.74, 6) is 0.491. The Balaban J connectivity index is -0.000000261. The van der Waals surface area contributed by atoms with Gasteiger partial charge in [-0.25, -0.2) is 4.79 Å². The fourth-order valence-electron chi connectivity index (χ4n) is 5.87. The second kappa shape index (κ2) is 52.9. The number of aromatic hydroxyl groups is 1. The number of nitrogen functional groups attached to an aromatic ring is 2. The molecule has 0 aliphatic heterocycles.